The molecule has 0 heterocycles. The minimum absolute atomic E-state index is 0.750. The Morgan fingerprint density at radius 1 is 0.600 bits per heavy atom. The van der Waals surface area contributed by atoms with Crippen molar-refractivity contribution >= 4 is 0 Å². The van der Waals surface area contributed by atoms with Crippen LogP contribution < -0.4 is 5.11 Å². The highest BCUT2D eigenvalue weighted by atomic mass is 16.2. The van der Waals surface area contributed by atoms with E-state index in [1.807, 2.05) is 0 Å². The van der Waals surface area contributed by atoms with Gasteiger partial charge in [-0.3, -0.25) is 0 Å². The van der Waals surface area contributed by atoms with Gasteiger partial charge in [0.1, 0.15) is 0 Å². The Bertz CT molecular complexity index is 85.6. The second-order valence-electron chi connectivity index (χ2n) is 4.24. The van der Waals surface area contributed by atoms with Crippen LogP contribution in [0.3, 0.4) is 0 Å². The number of hydrogen-bond donors (Lipinski definition) is 0. The van der Waals surface area contributed by atoms with Crippen LogP contribution in [-0.2, 0) is 0 Å². The summed E-state index contributed by atoms with van der Waals surface area (Å²) in [6, 6.07) is 0. The van der Waals surface area contributed by atoms with E-state index in [0.29, 0.717) is 0 Å². The summed E-state index contributed by atoms with van der Waals surface area (Å²) in [6.07, 6.45) is 5.33. The molecule has 2 heteroatoms. The van der Waals surface area contributed by atoms with Gasteiger partial charge in [-0.25, -0.2) is 0 Å². The van der Waals surface area contributed by atoms with Gasteiger partial charge in [0.25, 0.3) is 0 Å². The summed E-state index contributed by atoms with van der Waals surface area (Å²) in [4.78, 5) is 0. The van der Waals surface area contributed by atoms with Gasteiger partial charge >= 0.3 is 0 Å². The third kappa shape index (κ3) is 7.80. The van der Waals surface area contributed by atoms with Gasteiger partial charge in [-0.1, -0.05) is 27.7 Å². The van der Waals surface area contributed by atoms with Crippen LogP contribution in [0.4, 0.5) is 0 Å². The van der Waals surface area contributed by atoms with Gasteiger partial charge in [0.05, 0.1) is 26.2 Å². The summed E-state index contributed by atoms with van der Waals surface area (Å²) < 4.78 is 1.38. The molecule has 0 aliphatic heterocycles. The van der Waals surface area contributed by atoms with Crippen LogP contribution in [0.1, 0.15) is 53.4 Å². The first-order chi connectivity index (χ1) is 7.24. The predicted octanol–water partition coefficient (Wildman–Crippen LogP) is 2.42. The molecule has 0 aliphatic rings. The standard InChI is InChI=1S/C12H28N.CH3O/c1-5-9-13(10-6-2,11-7-3)12-8-4;1-2/h5-12H2,1-4H3;1H3/q+1;-1. The van der Waals surface area contributed by atoms with E-state index in [1.165, 1.54) is 56.3 Å². The topological polar surface area (TPSA) is 23.1 Å². The summed E-state index contributed by atoms with van der Waals surface area (Å²) in [5, 5.41) is 8.25. The molecule has 0 aromatic rings. The summed E-state index contributed by atoms with van der Waals surface area (Å²) in [5.74, 6) is 0. The lowest BCUT2D eigenvalue weighted by Crippen LogP contribution is -2.50. The number of nitrogens with zero attached hydrogens (tertiary/aromatic N) is 1. The van der Waals surface area contributed by atoms with Crippen molar-refractivity contribution in [3.05, 3.63) is 0 Å². The van der Waals surface area contributed by atoms with Crippen LogP contribution in [0.15, 0.2) is 0 Å². The maximum absolute atomic E-state index is 8.25. The van der Waals surface area contributed by atoms with Crippen molar-refractivity contribution in [3.8, 4) is 0 Å². The lowest BCUT2D eigenvalue weighted by atomic mass is 10.2. The van der Waals surface area contributed by atoms with Gasteiger partial charge in [0, 0.05) is 0 Å². The molecule has 0 N–H and O–H groups in total. The van der Waals surface area contributed by atoms with Gasteiger partial charge in [-0.2, -0.15) is 7.11 Å². The fourth-order valence-electron chi connectivity index (χ4n) is 2.57. The fraction of sp³-hybridized carbons (Fsp3) is 1.00. The van der Waals surface area contributed by atoms with Gasteiger partial charge in [0.2, 0.25) is 0 Å². The molecule has 0 amide bonds. The molecular formula is C13H31NO. The molecule has 0 aliphatic carbocycles. The van der Waals surface area contributed by atoms with Crippen LogP contribution in [0.25, 0.3) is 0 Å². The molecule has 0 atom stereocenters. The van der Waals surface area contributed by atoms with Crippen molar-refractivity contribution in [1.82, 2.24) is 0 Å². The highest BCUT2D eigenvalue weighted by Gasteiger charge is 2.22. The second-order valence-corrected chi connectivity index (χ2v) is 4.24. The summed E-state index contributed by atoms with van der Waals surface area (Å²) >= 11 is 0. The van der Waals surface area contributed by atoms with Crippen LogP contribution >= 0.6 is 0 Å². The third-order valence-corrected chi connectivity index (χ3v) is 2.79. The lowest BCUT2D eigenvalue weighted by Gasteiger charge is -2.38. The molecule has 2 nitrogen and oxygen atoms in total. The van der Waals surface area contributed by atoms with E-state index in [0.717, 1.165) is 7.11 Å². The summed E-state index contributed by atoms with van der Waals surface area (Å²) in [6.45, 7) is 14.8. The van der Waals surface area contributed by atoms with Crippen LogP contribution in [0.2, 0.25) is 0 Å². The molecular weight excluding hydrogens is 186 g/mol. The average Bonchev–Trinajstić information content (AvgIpc) is 2.22. The molecule has 94 valence electrons. The first-order valence-corrected chi connectivity index (χ1v) is 6.50. The normalized spacial score (nSPS) is 10.8. The molecule has 0 rings (SSSR count). The fourth-order valence-corrected chi connectivity index (χ4v) is 2.57. The molecule has 15 heavy (non-hydrogen) atoms. The molecule has 0 saturated heterocycles. The van der Waals surface area contributed by atoms with E-state index in [9.17, 15) is 0 Å². The highest BCUT2D eigenvalue weighted by Crippen LogP contribution is 2.12. The highest BCUT2D eigenvalue weighted by molar-refractivity contribution is 4.43. The van der Waals surface area contributed by atoms with Gasteiger partial charge in [-0.05, 0) is 25.7 Å². The van der Waals surface area contributed by atoms with E-state index >= 15 is 0 Å². The van der Waals surface area contributed by atoms with Crippen molar-refractivity contribution in [2.24, 2.45) is 0 Å². The zero-order valence-corrected chi connectivity index (χ0v) is 11.5. The van der Waals surface area contributed by atoms with Gasteiger partial charge in [0.15, 0.2) is 0 Å². The summed E-state index contributed by atoms with van der Waals surface area (Å²) in [7, 11) is 0.750. The quantitative estimate of drug-likeness (QED) is 0.573. The smallest absolute Gasteiger partial charge is 0.0783 e. The molecule has 0 radical (unpaired) electrons. The van der Waals surface area contributed by atoms with Crippen molar-refractivity contribution < 1.29 is 9.59 Å². The Hall–Kier alpha value is -0.0800. The third-order valence-electron chi connectivity index (χ3n) is 2.79. The molecule has 0 aromatic carbocycles. The molecule has 0 bridgehead atoms. The maximum Gasteiger partial charge on any atom is 0.0783 e. The Balaban J connectivity index is 0. The van der Waals surface area contributed by atoms with Crippen molar-refractivity contribution in [2.45, 2.75) is 53.4 Å². The molecule has 0 saturated carbocycles. The second kappa shape index (κ2) is 12.0. The molecule has 0 spiro atoms. The van der Waals surface area contributed by atoms with Gasteiger partial charge in [-0.15, -0.1) is 0 Å². The van der Waals surface area contributed by atoms with Crippen molar-refractivity contribution in [2.75, 3.05) is 33.3 Å². The predicted molar refractivity (Wildman–Crippen MR) is 66.8 cm³/mol. The van der Waals surface area contributed by atoms with Crippen LogP contribution in [0, 0.1) is 0 Å². The monoisotopic (exact) mass is 217 g/mol. The first-order valence-electron chi connectivity index (χ1n) is 6.50. The SMILES string of the molecule is CCC[N+](CCC)(CCC)CCC.C[O-]. The molecule has 0 aromatic heterocycles. The Morgan fingerprint density at radius 3 is 0.933 bits per heavy atom. The van der Waals surface area contributed by atoms with E-state index in [4.69, 9.17) is 5.11 Å². The first kappa shape index (κ1) is 17.3. The van der Waals surface area contributed by atoms with Crippen molar-refractivity contribution in [3.63, 3.8) is 0 Å². The minimum Gasteiger partial charge on any atom is -0.857 e. The van der Waals surface area contributed by atoms with E-state index in [2.05, 4.69) is 27.7 Å². The van der Waals surface area contributed by atoms with Crippen molar-refractivity contribution in [1.29, 1.82) is 0 Å². The Morgan fingerprint density at radius 2 is 0.800 bits per heavy atom. The number of hydrogen-bond acceptors (Lipinski definition) is 1. The Kier molecular flexibility index (Phi) is 13.8. The summed E-state index contributed by atoms with van der Waals surface area (Å²) in [5.41, 5.74) is 0. The van der Waals surface area contributed by atoms with Gasteiger partial charge < -0.3 is 9.59 Å². The number of quaternary nitrogens is 1. The van der Waals surface area contributed by atoms with E-state index in [-0.39, 0.29) is 0 Å². The largest absolute Gasteiger partial charge is 0.857 e. The molecule has 0 unspecified atom stereocenters. The van der Waals surface area contributed by atoms with E-state index < -0.39 is 0 Å². The zero-order chi connectivity index (χ0) is 12.2. The maximum atomic E-state index is 8.25. The Labute approximate surface area is 96.9 Å². The number of rotatable bonds is 8. The zero-order valence-electron chi connectivity index (χ0n) is 11.5. The van der Waals surface area contributed by atoms with E-state index in [1.54, 1.807) is 0 Å². The minimum atomic E-state index is 0.750. The average molecular weight is 217 g/mol. The molecule has 0 fully saturated rings. The van der Waals surface area contributed by atoms with Crippen LogP contribution in [0.5, 0.6) is 0 Å². The van der Waals surface area contributed by atoms with Crippen LogP contribution in [-0.4, -0.2) is 37.8 Å². The lowest BCUT2D eigenvalue weighted by molar-refractivity contribution is -0.928.